The van der Waals surface area contributed by atoms with Gasteiger partial charge in [0.2, 0.25) is 5.91 Å². The van der Waals surface area contributed by atoms with E-state index < -0.39 is 4.92 Å². The van der Waals surface area contributed by atoms with Crippen molar-refractivity contribution >= 4 is 34.6 Å². The predicted molar refractivity (Wildman–Crippen MR) is 113 cm³/mol. The molecule has 8 nitrogen and oxygen atoms in total. The predicted octanol–water partition coefficient (Wildman–Crippen LogP) is 3.16. The molecular weight excluding hydrogens is 396 g/mol. The first kappa shape index (κ1) is 21.0. The maximum atomic E-state index is 12.4. The van der Waals surface area contributed by atoms with Crippen LogP contribution in [0.15, 0.2) is 42.5 Å². The van der Waals surface area contributed by atoms with E-state index in [4.69, 9.17) is 16.3 Å². The lowest BCUT2D eigenvalue weighted by molar-refractivity contribution is -0.383. The van der Waals surface area contributed by atoms with Gasteiger partial charge in [0.1, 0.15) is 5.69 Å². The molecule has 1 amide bonds. The number of hydrogen-bond donors (Lipinski definition) is 1. The van der Waals surface area contributed by atoms with Gasteiger partial charge in [0.05, 0.1) is 24.7 Å². The summed E-state index contributed by atoms with van der Waals surface area (Å²) in [7, 11) is 1.84. The number of carbonyl (C=O) groups is 1. The number of para-hydroxylation sites is 1. The minimum absolute atomic E-state index is 0.0945. The van der Waals surface area contributed by atoms with Crippen LogP contribution in [0, 0.1) is 10.1 Å². The number of morpholine rings is 1. The van der Waals surface area contributed by atoms with E-state index in [2.05, 4.69) is 16.3 Å². The van der Waals surface area contributed by atoms with Crippen molar-refractivity contribution in [2.45, 2.75) is 6.54 Å². The molecule has 0 spiro atoms. The number of hydrogen-bond acceptors (Lipinski definition) is 6. The van der Waals surface area contributed by atoms with E-state index in [1.165, 1.54) is 18.2 Å². The van der Waals surface area contributed by atoms with Gasteiger partial charge >= 0.3 is 0 Å². The fourth-order valence-electron chi connectivity index (χ4n) is 3.30. The second-order valence-corrected chi connectivity index (χ2v) is 7.30. The molecule has 2 aromatic rings. The summed E-state index contributed by atoms with van der Waals surface area (Å²) in [4.78, 5) is 27.2. The molecule has 0 atom stereocenters. The SMILES string of the molecule is CN(CC(=O)Nc1ccc(Cl)cc1[N+](=O)[O-])Cc1ccccc1N1CCOCC1. The highest BCUT2D eigenvalue weighted by molar-refractivity contribution is 6.31. The third kappa shape index (κ3) is 5.66. The van der Waals surface area contributed by atoms with Gasteiger partial charge in [-0.25, -0.2) is 0 Å². The number of halogens is 1. The van der Waals surface area contributed by atoms with Crippen molar-refractivity contribution < 1.29 is 14.5 Å². The molecule has 0 aromatic heterocycles. The first-order valence-electron chi connectivity index (χ1n) is 9.27. The molecule has 154 valence electrons. The number of carbonyl (C=O) groups excluding carboxylic acids is 1. The Morgan fingerprint density at radius 3 is 2.72 bits per heavy atom. The molecular formula is C20H23ClN4O4. The van der Waals surface area contributed by atoms with Gasteiger partial charge in [-0.2, -0.15) is 0 Å². The summed E-state index contributed by atoms with van der Waals surface area (Å²) in [5, 5.41) is 14.0. The second-order valence-electron chi connectivity index (χ2n) is 6.87. The summed E-state index contributed by atoms with van der Waals surface area (Å²) in [6.07, 6.45) is 0. The highest BCUT2D eigenvalue weighted by Crippen LogP contribution is 2.28. The first-order valence-corrected chi connectivity index (χ1v) is 9.65. The molecule has 2 aromatic carbocycles. The maximum absolute atomic E-state index is 12.4. The van der Waals surface area contributed by atoms with E-state index in [-0.39, 0.29) is 28.8 Å². The highest BCUT2D eigenvalue weighted by atomic mass is 35.5. The van der Waals surface area contributed by atoms with Gasteiger partial charge in [-0.15, -0.1) is 0 Å². The first-order chi connectivity index (χ1) is 13.9. The number of nitro benzene ring substituents is 1. The van der Waals surface area contributed by atoms with Crippen molar-refractivity contribution in [3.8, 4) is 0 Å². The minimum atomic E-state index is -0.566. The molecule has 9 heteroatoms. The molecule has 1 fully saturated rings. The van der Waals surface area contributed by atoms with Gasteiger partial charge < -0.3 is 15.0 Å². The third-order valence-electron chi connectivity index (χ3n) is 4.63. The molecule has 1 saturated heterocycles. The monoisotopic (exact) mass is 418 g/mol. The Bertz CT molecular complexity index is 887. The molecule has 1 heterocycles. The van der Waals surface area contributed by atoms with E-state index in [0.29, 0.717) is 19.8 Å². The number of nitrogens with zero attached hydrogens (tertiary/aromatic N) is 3. The third-order valence-corrected chi connectivity index (χ3v) is 4.86. The van der Waals surface area contributed by atoms with Gasteiger partial charge in [-0.1, -0.05) is 29.8 Å². The van der Waals surface area contributed by atoms with Crippen LogP contribution < -0.4 is 10.2 Å². The summed E-state index contributed by atoms with van der Waals surface area (Å²) in [5.74, 6) is -0.332. The average molecular weight is 419 g/mol. The molecule has 1 aliphatic rings. The Balaban J connectivity index is 1.64. The number of anilines is 2. The molecule has 1 N–H and O–H groups in total. The summed E-state index contributed by atoms with van der Waals surface area (Å²) in [6, 6.07) is 12.3. The number of amides is 1. The second kappa shape index (κ2) is 9.69. The van der Waals surface area contributed by atoms with Gasteiger partial charge in [0.25, 0.3) is 5.69 Å². The van der Waals surface area contributed by atoms with Crippen LogP contribution in [-0.2, 0) is 16.1 Å². The Kier molecular flexibility index (Phi) is 7.03. The van der Waals surface area contributed by atoms with E-state index in [0.717, 1.165) is 24.3 Å². The summed E-state index contributed by atoms with van der Waals surface area (Å²) < 4.78 is 5.42. The van der Waals surface area contributed by atoms with E-state index in [9.17, 15) is 14.9 Å². The van der Waals surface area contributed by atoms with Crippen LogP contribution >= 0.6 is 11.6 Å². The number of rotatable bonds is 7. The summed E-state index contributed by atoms with van der Waals surface area (Å²) >= 11 is 5.81. The minimum Gasteiger partial charge on any atom is -0.378 e. The fraction of sp³-hybridized carbons (Fsp3) is 0.350. The van der Waals surface area contributed by atoms with E-state index in [1.54, 1.807) is 0 Å². The van der Waals surface area contributed by atoms with Gasteiger partial charge in [-0.3, -0.25) is 19.8 Å². The van der Waals surface area contributed by atoms with Crippen molar-refractivity contribution in [1.29, 1.82) is 0 Å². The van der Waals surface area contributed by atoms with Crippen LogP contribution in [0.3, 0.4) is 0 Å². The Morgan fingerprint density at radius 1 is 1.28 bits per heavy atom. The Labute approximate surface area is 174 Å². The van der Waals surface area contributed by atoms with Gasteiger partial charge in [0.15, 0.2) is 0 Å². The number of nitro groups is 1. The van der Waals surface area contributed by atoms with Crippen LogP contribution in [-0.4, -0.2) is 55.6 Å². The van der Waals surface area contributed by atoms with Crippen molar-refractivity contribution in [3.63, 3.8) is 0 Å². The summed E-state index contributed by atoms with van der Waals surface area (Å²) in [6.45, 7) is 3.74. The molecule has 1 aliphatic heterocycles. The topological polar surface area (TPSA) is 88.0 Å². The molecule has 0 saturated carbocycles. The van der Waals surface area contributed by atoms with Crippen molar-refractivity contribution in [3.05, 3.63) is 63.2 Å². The van der Waals surface area contributed by atoms with Crippen molar-refractivity contribution in [1.82, 2.24) is 4.90 Å². The van der Waals surface area contributed by atoms with Gasteiger partial charge in [0, 0.05) is 36.4 Å². The lowest BCUT2D eigenvalue weighted by Gasteiger charge is -2.31. The number of benzene rings is 2. The lowest BCUT2D eigenvalue weighted by Crippen LogP contribution is -2.37. The van der Waals surface area contributed by atoms with E-state index in [1.807, 2.05) is 30.1 Å². The zero-order valence-corrected chi connectivity index (χ0v) is 16.9. The molecule has 0 unspecified atom stereocenters. The van der Waals surface area contributed by atoms with Crippen LogP contribution in [0.25, 0.3) is 0 Å². The molecule has 0 radical (unpaired) electrons. The fourth-order valence-corrected chi connectivity index (χ4v) is 3.47. The number of ether oxygens (including phenoxy) is 1. The van der Waals surface area contributed by atoms with Gasteiger partial charge in [-0.05, 0) is 30.8 Å². The zero-order chi connectivity index (χ0) is 20.8. The lowest BCUT2D eigenvalue weighted by atomic mass is 10.1. The van der Waals surface area contributed by atoms with Crippen molar-refractivity contribution in [2.75, 3.05) is 50.1 Å². The van der Waals surface area contributed by atoms with Crippen LogP contribution in [0.4, 0.5) is 17.1 Å². The van der Waals surface area contributed by atoms with Crippen molar-refractivity contribution in [2.24, 2.45) is 0 Å². The Morgan fingerprint density at radius 2 is 2.00 bits per heavy atom. The molecule has 3 rings (SSSR count). The quantitative estimate of drug-likeness (QED) is 0.549. The highest BCUT2D eigenvalue weighted by Gasteiger charge is 2.19. The van der Waals surface area contributed by atoms with Crippen LogP contribution in [0.1, 0.15) is 5.56 Å². The molecule has 0 aliphatic carbocycles. The normalized spacial score (nSPS) is 14.1. The molecule has 29 heavy (non-hydrogen) atoms. The standard InChI is InChI=1S/C20H23ClN4O4/c1-23(13-15-4-2-3-5-18(15)24-8-10-29-11-9-24)14-20(26)22-17-7-6-16(21)12-19(17)25(27)28/h2-7,12H,8-11,13-14H2,1H3,(H,22,26). The largest absolute Gasteiger partial charge is 0.378 e. The maximum Gasteiger partial charge on any atom is 0.294 e. The van der Waals surface area contributed by atoms with Crippen LogP contribution in [0.5, 0.6) is 0 Å². The van der Waals surface area contributed by atoms with E-state index >= 15 is 0 Å². The van der Waals surface area contributed by atoms with Crippen LogP contribution in [0.2, 0.25) is 5.02 Å². The smallest absolute Gasteiger partial charge is 0.294 e. The number of likely N-dealkylation sites (N-methyl/N-ethyl adjacent to an activating group) is 1. The molecule has 0 bridgehead atoms. The summed E-state index contributed by atoms with van der Waals surface area (Å²) in [5.41, 5.74) is 2.15. The Hall–Kier alpha value is -2.68. The number of nitrogens with one attached hydrogen (secondary N) is 1. The zero-order valence-electron chi connectivity index (χ0n) is 16.1. The average Bonchev–Trinajstić information content (AvgIpc) is 2.70.